The molecule has 3 aromatic rings. The third-order valence-corrected chi connectivity index (χ3v) is 5.44. The Morgan fingerprint density at radius 1 is 0.935 bits per heavy atom. The van der Waals surface area contributed by atoms with Gasteiger partial charge in [-0.1, -0.05) is 18.2 Å². The molecule has 0 saturated carbocycles. The number of carbonyl (C=O) groups is 3. The van der Waals surface area contributed by atoms with Crippen molar-refractivity contribution >= 4 is 17.9 Å². The van der Waals surface area contributed by atoms with E-state index in [2.05, 4.69) is 0 Å². The van der Waals surface area contributed by atoms with Crippen LogP contribution in [0.15, 0.2) is 54.6 Å². The number of carbonyl (C=O) groups excluding carboxylic acids is 2. The van der Waals surface area contributed by atoms with Gasteiger partial charge in [-0.3, -0.25) is 4.79 Å². The molecule has 7 heteroatoms. The van der Waals surface area contributed by atoms with Crippen molar-refractivity contribution in [1.82, 2.24) is 0 Å². The Hall–Kier alpha value is -4.13. The summed E-state index contributed by atoms with van der Waals surface area (Å²) >= 11 is 0. The number of ether oxygens (including phenoxy) is 3. The SMILES string of the molecule is CC(=O)Oc1ccc2c(c1)Oc1cc(C)ccc1C21OC(=O)c2cc(C(=O)O)ccc21. The number of rotatable bonds is 2. The van der Waals surface area contributed by atoms with E-state index >= 15 is 0 Å². The summed E-state index contributed by atoms with van der Waals surface area (Å²) in [5.74, 6) is -1.06. The molecule has 0 fully saturated rings. The number of carboxylic acid groups (broad SMARTS) is 1. The maximum atomic E-state index is 12.9. The van der Waals surface area contributed by atoms with Crippen LogP contribution in [0.5, 0.6) is 17.2 Å². The highest BCUT2D eigenvalue weighted by molar-refractivity contribution is 6.00. The first-order chi connectivity index (χ1) is 14.8. The normalized spacial score (nSPS) is 17.8. The van der Waals surface area contributed by atoms with Crippen LogP contribution in [0.3, 0.4) is 0 Å². The van der Waals surface area contributed by atoms with E-state index < -0.39 is 23.5 Å². The second-order valence-corrected chi connectivity index (χ2v) is 7.49. The van der Waals surface area contributed by atoms with Gasteiger partial charge in [0.25, 0.3) is 0 Å². The van der Waals surface area contributed by atoms with Crippen LogP contribution in [-0.4, -0.2) is 23.0 Å². The number of hydrogen-bond donors (Lipinski definition) is 1. The lowest BCUT2D eigenvalue weighted by Gasteiger charge is -2.36. The number of benzene rings is 3. The Morgan fingerprint density at radius 3 is 2.32 bits per heavy atom. The molecule has 1 spiro atoms. The third kappa shape index (κ3) is 2.70. The predicted molar refractivity (Wildman–Crippen MR) is 108 cm³/mol. The highest BCUT2D eigenvalue weighted by Crippen LogP contribution is 2.56. The number of esters is 2. The van der Waals surface area contributed by atoms with Crippen LogP contribution >= 0.6 is 0 Å². The number of hydrogen-bond acceptors (Lipinski definition) is 6. The number of fused-ring (bicyclic) bond motifs is 6. The average molecular weight is 416 g/mol. The van der Waals surface area contributed by atoms with E-state index in [1.807, 2.05) is 25.1 Å². The van der Waals surface area contributed by atoms with Crippen molar-refractivity contribution in [3.63, 3.8) is 0 Å². The topological polar surface area (TPSA) is 99.1 Å². The Balaban J connectivity index is 1.80. The van der Waals surface area contributed by atoms with E-state index in [1.54, 1.807) is 24.3 Å². The van der Waals surface area contributed by atoms with Crippen LogP contribution in [0.1, 0.15) is 49.9 Å². The van der Waals surface area contributed by atoms with Crippen molar-refractivity contribution in [2.75, 3.05) is 0 Å². The summed E-state index contributed by atoms with van der Waals surface area (Å²) in [5.41, 5.74) is 1.51. The highest BCUT2D eigenvalue weighted by Gasteiger charge is 2.53. The molecule has 0 aromatic heterocycles. The molecule has 1 atom stereocenters. The van der Waals surface area contributed by atoms with Crippen LogP contribution in [0.4, 0.5) is 0 Å². The van der Waals surface area contributed by atoms with Gasteiger partial charge in [-0.15, -0.1) is 0 Å². The molecule has 0 radical (unpaired) electrons. The second-order valence-electron chi connectivity index (χ2n) is 7.49. The average Bonchev–Trinajstić information content (AvgIpc) is 3.00. The van der Waals surface area contributed by atoms with Crippen LogP contribution in [0, 0.1) is 6.92 Å². The molecule has 0 amide bonds. The number of aryl methyl sites for hydroxylation is 1. The van der Waals surface area contributed by atoms with Crippen LogP contribution < -0.4 is 9.47 Å². The first-order valence-electron chi connectivity index (χ1n) is 9.52. The molecule has 1 N–H and O–H groups in total. The summed E-state index contributed by atoms with van der Waals surface area (Å²) in [6.45, 7) is 3.21. The van der Waals surface area contributed by atoms with E-state index in [9.17, 15) is 19.5 Å². The van der Waals surface area contributed by atoms with Crippen molar-refractivity contribution in [3.8, 4) is 17.2 Å². The van der Waals surface area contributed by atoms with E-state index in [-0.39, 0.29) is 11.1 Å². The third-order valence-electron chi connectivity index (χ3n) is 5.44. The van der Waals surface area contributed by atoms with Gasteiger partial charge in [0.2, 0.25) is 0 Å². The van der Waals surface area contributed by atoms with Gasteiger partial charge < -0.3 is 19.3 Å². The number of aromatic carboxylic acids is 1. The summed E-state index contributed by atoms with van der Waals surface area (Å²) in [4.78, 5) is 35.7. The molecule has 3 aromatic carbocycles. The van der Waals surface area contributed by atoms with Gasteiger partial charge in [0.15, 0.2) is 5.60 Å². The van der Waals surface area contributed by atoms with E-state index in [4.69, 9.17) is 14.2 Å². The van der Waals surface area contributed by atoms with Gasteiger partial charge in [0, 0.05) is 29.7 Å². The lowest BCUT2D eigenvalue weighted by atomic mass is 9.77. The van der Waals surface area contributed by atoms with Crippen molar-refractivity contribution in [2.45, 2.75) is 19.4 Å². The maximum absolute atomic E-state index is 12.9. The maximum Gasteiger partial charge on any atom is 0.340 e. The molecule has 0 aliphatic carbocycles. The molecule has 1 unspecified atom stereocenters. The molecule has 2 heterocycles. The van der Waals surface area contributed by atoms with Crippen molar-refractivity contribution in [3.05, 3.63) is 88.0 Å². The lowest BCUT2D eigenvalue weighted by molar-refractivity contribution is -0.131. The molecule has 31 heavy (non-hydrogen) atoms. The summed E-state index contributed by atoms with van der Waals surface area (Å²) in [5, 5.41) is 9.34. The smallest absolute Gasteiger partial charge is 0.340 e. The Morgan fingerprint density at radius 2 is 1.61 bits per heavy atom. The summed E-state index contributed by atoms with van der Waals surface area (Å²) in [6, 6.07) is 14.8. The molecular formula is C24H16O7. The minimum Gasteiger partial charge on any atom is -0.478 e. The van der Waals surface area contributed by atoms with E-state index in [0.29, 0.717) is 33.9 Å². The van der Waals surface area contributed by atoms with Gasteiger partial charge in [0.1, 0.15) is 17.2 Å². The Bertz CT molecular complexity index is 1310. The van der Waals surface area contributed by atoms with E-state index in [0.717, 1.165) is 5.56 Å². The fourth-order valence-corrected chi connectivity index (χ4v) is 4.18. The standard InChI is InChI=1S/C24H16O7/c1-12-3-6-18-20(9-12)30-21-11-15(29-13(2)25)5-8-19(21)24(18)17-7-4-14(22(26)27)10-16(17)23(28)31-24/h3-11H,1-2H3,(H,26,27). The number of carboxylic acids is 1. The molecule has 5 rings (SSSR count). The van der Waals surface area contributed by atoms with Crippen LogP contribution in [-0.2, 0) is 15.1 Å². The Kier molecular flexibility index (Phi) is 3.92. The van der Waals surface area contributed by atoms with Crippen molar-refractivity contribution < 1.29 is 33.7 Å². The zero-order valence-corrected chi connectivity index (χ0v) is 16.6. The zero-order valence-electron chi connectivity index (χ0n) is 16.6. The van der Waals surface area contributed by atoms with Crippen LogP contribution in [0.25, 0.3) is 0 Å². The minimum absolute atomic E-state index is 0.00521. The summed E-state index contributed by atoms with van der Waals surface area (Å²) in [7, 11) is 0. The molecule has 2 aliphatic heterocycles. The Labute approximate surface area is 176 Å². The summed E-state index contributed by atoms with van der Waals surface area (Å²) < 4.78 is 17.3. The first kappa shape index (κ1) is 18.9. The second kappa shape index (κ2) is 6.43. The molecule has 2 aliphatic rings. The van der Waals surface area contributed by atoms with Gasteiger partial charge in [-0.25, -0.2) is 9.59 Å². The molecule has 0 bridgehead atoms. The van der Waals surface area contributed by atoms with Gasteiger partial charge >= 0.3 is 17.9 Å². The molecule has 0 saturated heterocycles. The summed E-state index contributed by atoms with van der Waals surface area (Å²) in [6.07, 6.45) is 0. The molecule has 7 nitrogen and oxygen atoms in total. The monoisotopic (exact) mass is 416 g/mol. The van der Waals surface area contributed by atoms with Crippen LogP contribution in [0.2, 0.25) is 0 Å². The minimum atomic E-state index is -1.31. The van der Waals surface area contributed by atoms with Gasteiger partial charge in [-0.05, 0) is 42.8 Å². The molecule has 154 valence electrons. The largest absolute Gasteiger partial charge is 0.478 e. The fraction of sp³-hybridized carbons (Fsp3) is 0.125. The zero-order chi connectivity index (χ0) is 21.9. The quantitative estimate of drug-likeness (QED) is 0.494. The first-order valence-corrected chi connectivity index (χ1v) is 9.52. The van der Waals surface area contributed by atoms with E-state index in [1.165, 1.54) is 19.1 Å². The van der Waals surface area contributed by atoms with Gasteiger partial charge in [0.05, 0.1) is 11.1 Å². The lowest BCUT2D eigenvalue weighted by Crippen LogP contribution is -2.33. The van der Waals surface area contributed by atoms with Crippen molar-refractivity contribution in [1.29, 1.82) is 0 Å². The van der Waals surface area contributed by atoms with Gasteiger partial charge in [-0.2, -0.15) is 0 Å². The highest BCUT2D eigenvalue weighted by atomic mass is 16.6. The predicted octanol–water partition coefficient (Wildman–Crippen LogP) is 4.19. The van der Waals surface area contributed by atoms with Crippen molar-refractivity contribution in [2.24, 2.45) is 0 Å². The molecular weight excluding hydrogens is 400 g/mol. The fourth-order valence-electron chi connectivity index (χ4n) is 4.18.